The predicted octanol–water partition coefficient (Wildman–Crippen LogP) is 2.85. The summed E-state index contributed by atoms with van der Waals surface area (Å²) in [5.74, 6) is 0.0477. The Kier molecular flexibility index (Phi) is 6.54. The number of hydrogen-bond donors (Lipinski definition) is 1. The van der Waals surface area contributed by atoms with Gasteiger partial charge in [0.15, 0.2) is 5.15 Å². The first-order chi connectivity index (χ1) is 12.0. The van der Waals surface area contributed by atoms with Crippen molar-refractivity contribution in [3.05, 3.63) is 59.4 Å². The standard InChI is InChI=1S/C18H18ClN3O3/c1-22(12-16(23)21-15-7-4-10-20-18(15)19)17(24)9-8-13-5-3-6-14(11-13)25-2/h3-11H,12H2,1-2H3,(H,21,23)/b9-8+. The number of aromatic nitrogens is 1. The number of nitrogens with one attached hydrogen (secondary N) is 1. The number of hydrogen-bond acceptors (Lipinski definition) is 4. The number of likely N-dealkylation sites (N-methyl/N-ethyl adjacent to an activating group) is 1. The lowest BCUT2D eigenvalue weighted by Gasteiger charge is -2.15. The number of rotatable bonds is 6. The Hall–Kier alpha value is -2.86. The van der Waals surface area contributed by atoms with E-state index in [0.717, 1.165) is 5.56 Å². The van der Waals surface area contributed by atoms with Crippen LogP contribution < -0.4 is 10.1 Å². The Bertz CT molecular complexity index is 793. The summed E-state index contributed by atoms with van der Waals surface area (Å²) >= 11 is 5.88. The van der Waals surface area contributed by atoms with Crippen LogP contribution in [0.15, 0.2) is 48.7 Å². The number of halogens is 1. The third-order valence-electron chi connectivity index (χ3n) is 3.30. The molecule has 7 heteroatoms. The third-order valence-corrected chi connectivity index (χ3v) is 3.60. The van der Waals surface area contributed by atoms with E-state index >= 15 is 0 Å². The second-order valence-electron chi connectivity index (χ2n) is 5.19. The summed E-state index contributed by atoms with van der Waals surface area (Å²) < 4.78 is 5.13. The molecule has 1 heterocycles. The molecule has 1 aromatic carbocycles. The van der Waals surface area contributed by atoms with Gasteiger partial charge in [0.1, 0.15) is 5.75 Å². The molecule has 0 radical (unpaired) electrons. The molecule has 0 saturated carbocycles. The van der Waals surface area contributed by atoms with Crippen molar-refractivity contribution in [2.24, 2.45) is 0 Å². The van der Waals surface area contributed by atoms with Gasteiger partial charge in [0.25, 0.3) is 0 Å². The Morgan fingerprint density at radius 3 is 2.84 bits per heavy atom. The van der Waals surface area contributed by atoms with Gasteiger partial charge in [0, 0.05) is 19.3 Å². The zero-order chi connectivity index (χ0) is 18.2. The predicted molar refractivity (Wildman–Crippen MR) is 97.5 cm³/mol. The fraction of sp³-hybridized carbons (Fsp3) is 0.167. The highest BCUT2D eigenvalue weighted by Crippen LogP contribution is 2.17. The lowest BCUT2D eigenvalue weighted by atomic mass is 10.2. The fourth-order valence-corrected chi connectivity index (χ4v) is 2.17. The van der Waals surface area contributed by atoms with Crippen LogP contribution in [0.5, 0.6) is 5.75 Å². The SMILES string of the molecule is COc1cccc(/C=C/C(=O)N(C)CC(=O)Nc2cccnc2Cl)c1. The van der Waals surface area contributed by atoms with Gasteiger partial charge < -0.3 is 15.0 Å². The Balaban J connectivity index is 1.92. The Morgan fingerprint density at radius 2 is 2.12 bits per heavy atom. The van der Waals surface area contributed by atoms with E-state index in [1.807, 2.05) is 18.2 Å². The molecular weight excluding hydrogens is 342 g/mol. The number of anilines is 1. The first kappa shape index (κ1) is 18.5. The van der Waals surface area contributed by atoms with Gasteiger partial charge in [-0.25, -0.2) is 4.98 Å². The van der Waals surface area contributed by atoms with Crippen molar-refractivity contribution in [3.8, 4) is 5.75 Å². The molecule has 130 valence electrons. The number of methoxy groups -OCH3 is 1. The van der Waals surface area contributed by atoms with E-state index in [2.05, 4.69) is 10.3 Å². The van der Waals surface area contributed by atoms with Gasteiger partial charge in [-0.15, -0.1) is 0 Å². The molecule has 2 rings (SSSR count). The van der Waals surface area contributed by atoms with Gasteiger partial charge in [0.2, 0.25) is 11.8 Å². The number of carbonyl (C=O) groups is 2. The maximum Gasteiger partial charge on any atom is 0.246 e. The van der Waals surface area contributed by atoms with E-state index < -0.39 is 0 Å². The molecule has 0 aliphatic carbocycles. The van der Waals surface area contributed by atoms with E-state index in [4.69, 9.17) is 16.3 Å². The molecule has 0 aliphatic heterocycles. The van der Waals surface area contributed by atoms with E-state index in [0.29, 0.717) is 11.4 Å². The summed E-state index contributed by atoms with van der Waals surface area (Å²) in [6.07, 6.45) is 4.59. The molecule has 0 aliphatic rings. The van der Waals surface area contributed by atoms with E-state index in [9.17, 15) is 9.59 Å². The van der Waals surface area contributed by atoms with Crippen molar-refractivity contribution in [3.63, 3.8) is 0 Å². The number of ether oxygens (including phenoxy) is 1. The largest absolute Gasteiger partial charge is 0.497 e. The van der Waals surface area contributed by atoms with Crippen LogP contribution in [0.3, 0.4) is 0 Å². The summed E-state index contributed by atoms with van der Waals surface area (Å²) in [6, 6.07) is 10.6. The zero-order valence-electron chi connectivity index (χ0n) is 13.9. The number of amides is 2. The van der Waals surface area contributed by atoms with E-state index in [1.54, 1.807) is 38.4 Å². The smallest absolute Gasteiger partial charge is 0.246 e. The van der Waals surface area contributed by atoms with Gasteiger partial charge in [-0.3, -0.25) is 9.59 Å². The average molecular weight is 360 g/mol. The summed E-state index contributed by atoms with van der Waals surface area (Å²) in [7, 11) is 3.12. The topological polar surface area (TPSA) is 71.5 Å². The molecule has 0 unspecified atom stereocenters. The molecule has 0 atom stereocenters. The van der Waals surface area contributed by atoms with Crippen LogP contribution >= 0.6 is 11.6 Å². The summed E-state index contributed by atoms with van der Waals surface area (Å²) in [4.78, 5) is 29.3. The Morgan fingerprint density at radius 1 is 1.32 bits per heavy atom. The minimum absolute atomic E-state index is 0.105. The van der Waals surface area contributed by atoms with Crippen molar-refractivity contribution in [1.29, 1.82) is 0 Å². The van der Waals surface area contributed by atoms with E-state index in [1.165, 1.54) is 17.2 Å². The molecule has 0 fully saturated rings. The number of benzene rings is 1. The molecule has 1 aromatic heterocycles. The lowest BCUT2D eigenvalue weighted by molar-refractivity contribution is -0.129. The second-order valence-corrected chi connectivity index (χ2v) is 5.55. The first-order valence-corrected chi connectivity index (χ1v) is 7.85. The van der Waals surface area contributed by atoms with Crippen molar-refractivity contribution in [1.82, 2.24) is 9.88 Å². The summed E-state index contributed by atoms with van der Waals surface area (Å²) in [5, 5.41) is 2.81. The molecule has 0 bridgehead atoms. The zero-order valence-corrected chi connectivity index (χ0v) is 14.7. The summed E-state index contributed by atoms with van der Waals surface area (Å²) in [6.45, 7) is -0.105. The highest BCUT2D eigenvalue weighted by molar-refractivity contribution is 6.32. The number of carbonyl (C=O) groups excluding carboxylic acids is 2. The molecule has 2 amide bonds. The average Bonchev–Trinajstić information content (AvgIpc) is 2.61. The number of nitrogens with zero attached hydrogens (tertiary/aromatic N) is 2. The summed E-state index contributed by atoms with van der Waals surface area (Å²) in [5.41, 5.74) is 1.23. The van der Waals surface area contributed by atoms with Gasteiger partial charge in [-0.1, -0.05) is 23.7 Å². The minimum Gasteiger partial charge on any atom is -0.497 e. The van der Waals surface area contributed by atoms with Gasteiger partial charge in [0.05, 0.1) is 19.3 Å². The molecular formula is C18H18ClN3O3. The molecule has 0 saturated heterocycles. The molecule has 1 N–H and O–H groups in total. The van der Waals surface area contributed by atoms with Crippen LogP contribution in [0.2, 0.25) is 5.15 Å². The molecule has 0 spiro atoms. The van der Waals surface area contributed by atoms with Crippen LogP contribution in [0, 0.1) is 0 Å². The second kappa shape index (κ2) is 8.84. The van der Waals surface area contributed by atoms with Crippen LogP contribution in [0.25, 0.3) is 6.08 Å². The molecule has 6 nitrogen and oxygen atoms in total. The van der Waals surface area contributed by atoms with Crippen LogP contribution in [-0.2, 0) is 9.59 Å². The van der Waals surface area contributed by atoms with Crippen molar-refractivity contribution < 1.29 is 14.3 Å². The van der Waals surface area contributed by atoms with Crippen molar-refractivity contribution in [2.75, 3.05) is 26.0 Å². The van der Waals surface area contributed by atoms with Crippen LogP contribution in [0.1, 0.15) is 5.56 Å². The normalized spacial score (nSPS) is 10.5. The Labute approximate surface area is 151 Å². The monoisotopic (exact) mass is 359 g/mol. The lowest BCUT2D eigenvalue weighted by Crippen LogP contribution is -2.33. The van der Waals surface area contributed by atoms with Crippen molar-refractivity contribution in [2.45, 2.75) is 0 Å². The van der Waals surface area contributed by atoms with Gasteiger partial charge in [-0.2, -0.15) is 0 Å². The fourth-order valence-electron chi connectivity index (χ4n) is 2.00. The van der Waals surface area contributed by atoms with Crippen molar-refractivity contribution >= 4 is 35.2 Å². The van der Waals surface area contributed by atoms with Gasteiger partial charge in [-0.05, 0) is 35.9 Å². The third kappa shape index (κ3) is 5.61. The molecule has 25 heavy (non-hydrogen) atoms. The quantitative estimate of drug-likeness (QED) is 0.636. The minimum atomic E-state index is -0.361. The maximum atomic E-state index is 12.1. The number of pyridine rings is 1. The van der Waals surface area contributed by atoms with Gasteiger partial charge >= 0.3 is 0 Å². The van der Waals surface area contributed by atoms with E-state index in [-0.39, 0.29) is 23.5 Å². The maximum absolute atomic E-state index is 12.1. The van der Waals surface area contributed by atoms with Crippen LogP contribution in [0.4, 0.5) is 5.69 Å². The highest BCUT2D eigenvalue weighted by atomic mass is 35.5. The molecule has 2 aromatic rings. The highest BCUT2D eigenvalue weighted by Gasteiger charge is 2.12. The van der Waals surface area contributed by atoms with Crippen LogP contribution in [-0.4, -0.2) is 42.4 Å². The first-order valence-electron chi connectivity index (χ1n) is 7.47.